The van der Waals surface area contributed by atoms with Crippen LogP contribution in [0.25, 0.3) is 0 Å². The predicted molar refractivity (Wildman–Crippen MR) is 176 cm³/mol. The quantitative estimate of drug-likeness (QED) is 0.151. The molecule has 0 unspecified atom stereocenters. The summed E-state index contributed by atoms with van der Waals surface area (Å²) in [4.78, 5) is 0.276. The van der Waals surface area contributed by atoms with E-state index in [2.05, 4.69) is 30.8 Å². The zero-order valence-corrected chi connectivity index (χ0v) is 27.6. The van der Waals surface area contributed by atoms with Gasteiger partial charge in [-0.1, -0.05) is 19.9 Å². The summed E-state index contributed by atoms with van der Waals surface area (Å²) in [6.07, 6.45) is 1.47. The average Bonchev–Trinajstić information content (AvgIpc) is 2.98. The fourth-order valence-corrected chi connectivity index (χ4v) is 6.64. The van der Waals surface area contributed by atoms with Crippen molar-refractivity contribution >= 4 is 31.2 Å². The fourth-order valence-electron chi connectivity index (χ4n) is 4.08. The Kier molecular flexibility index (Phi) is 9.65. The van der Waals surface area contributed by atoms with Crippen molar-refractivity contribution in [2.45, 2.75) is 74.5 Å². The molecule has 0 saturated carbocycles. The van der Waals surface area contributed by atoms with Gasteiger partial charge in [-0.2, -0.15) is 0 Å². The Morgan fingerprint density at radius 3 is 1.61 bits per heavy atom. The molecule has 0 spiro atoms. The highest BCUT2D eigenvalue weighted by molar-refractivity contribution is 7.93. The van der Waals surface area contributed by atoms with Crippen LogP contribution in [0.15, 0.2) is 107 Å². The van der Waals surface area contributed by atoms with Crippen LogP contribution in [0, 0.1) is 0 Å². The summed E-state index contributed by atoms with van der Waals surface area (Å²) >= 11 is 0. The maximum absolute atomic E-state index is 13.1. The van der Waals surface area contributed by atoms with E-state index < -0.39 is 24.6 Å². The second-order valence-corrected chi connectivity index (χ2v) is 16.0. The summed E-state index contributed by atoms with van der Waals surface area (Å²) in [6.45, 7) is 11.6. The monoisotopic (exact) mass is 636 g/mol. The molecule has 0 aliphatic heterocycles. The first-order chi connectivity index (χ1) is 20.6. The molecule has 2 N–H and O–H groups in total. The van der Waals surface area contributed by atoms with Gasteiger partial charge >= 0.3 is 0 Å². The molecule has 0 aliphatic carbocycles. The van der Waals surface area contributed by atoms with Crippen LogP contribution < -0.4 is 19.5 Å². The first kappa shape index (κ1) is 32.9. The van der Waals surface area contributed by atoms with Gasteiger partial charge in [0.05, 0.1) is 20.2 Å². The molecule has 0 aliphatic rings. The molecular formula is C34H40N2O6S2. The number of sulfonamides is 1. The van der Waals surface area contributed by atoms with Crippen molar-refractivity contribution in [2.24, 2.45) is 0 Å². The molecule has 4 rings (SSSR count). The van der Waals surface area contributed by atoms with E-state index in [0.29, 0.717) is 35.1 Å². The lowest BCUT2D eigenvalue weighted by Crippen LogP contribution is -2.30. The minimum absolute atomic E-state index is 0.0215. The average molecular weight is 637 g/mol. The van der Waals surface area contributed by atoms with Gasteiger partial charge < -0.3 is 14.8 Å². The lowest BCUT2D eigenvalue weighted by molar-refractivity contribution is 0.481. The molecule has 0 fully saturated rings. The highest BCUT2D eigenvalue weighted by Gasteiger charge is 2.33. The van der Waals surface area contributed by atoms with Gasteiger partial charge in [-0.05, 0) is 125 Å². The zero-order valence-electron chi connectivity index (χ0n) is 25.9. The first-order valence-electron chi connectivity index (χ1n) is 14.5. The minimum Gasteiger partial charge on any atom is -0.457 e. The van der Waals surface area contributed by atoms with Crippen LogP contribution in [-0.2, 0) is 19.9 Å². The van der Waals surface area contributed by atoms with Crippen LogP contribution in [0.4, 0.5) is 11.4 Å². The second kappa shape index (κ2) is 12.9. The molecule has 0 heterocycles. The summed E-state index contributed by atoms with van der Waals surface area (Å²) in [7, 11) is -7.39. The van der Waals surface area contributed by atoms with Crippen LogP contribution in [0.3, 0.4) is 0 Å². The molecule has 44 heavy (non-hydrogen) atoms. The van der Waals surface area contributed by atoms with E-state index in [-0.39, 0.29) is 15.3 Å². The third-order valence-electron chi connectivity index (χ3n) is 7.63. The predicted octanol–water partition coefficient (Wildman–Crippen LogP) is 8.63. The fraction of sp³-hybridized carbons (Fsp3) is 0.294. The van der Waals surface area contributed by atoms with Gasteiger partial charge in [0.1, 0.15) is 23.0 Å². The van der Waals surface area contributed by atoms with E-state index in [1.54, 1.807) is 62.4 Å². The molecule has 4 aromatic carbocycles. The van der Waals surface area contributed by atoms with Crippen LogP contribution in [-0.4, -0.2) is 27.1 Å². The number of rotatable bonds is 13. The van der Waals surface area contributed by atoms with Crippen LogP contribution >= 0.6 is 0 Å². The Bertz CT molecular complexity index is 1780. The molecule has 0 amide bonds. The molecule has 10 heteroatoms. The van der Waals surface area contributed by atoms with Crippen LogP contribution in [0.5, 0.6) is 23.0 Å². The van der Waals surface area contributed by atoms with E-state index in [0.717, 1.165) is 12.1 Å². The maximum atomic E-state index is 13.1. The highest BCUT2D eigenvalue weighted by Crippen LogP contribution is 2.31. The normalized spacial score (nSPS) is 12.4. The van der Waals surface area contributed by atoms with Crippen molar-refractivity contribution in [2.75, 3.05) is 10.0 Å². The number of ether oxygens (including phenoxy) is 2. The third kappa shape index (κ3) is 7.92. The Labute approximate surface area is 261 Å². The number of hydrogen-bond acceptors (Lipinski definition) is 7. The largest absolute Gasteiger partial charge is 0.457 e. The van der Waals surface area contributed by atoms with Gasteiger partial charge in [-0.15, -0.1) is 0 Å². The third-order valence-corrected chi connectivity index (χ3v) is 11.7. The molecule has 234 valence electrons. The van der Waals surface area contributed by atoms with Crippen molar-refractivity contribution in [3.63, 3.8) is 0 Å². The molecular weight excluding hydrogens is 597 g/mol. The van der Waals surface area contributed by atoms with Crippen LogP contribution in [0.1, 0.15) is 54.4 Å². The van der Waals surface area contributed by atoms with Gasteiger partial charge in [-0.3, -0.25) is 4.72 Å². The molecule has 0 atom stereocenters. The zero-order chi connectivity index (χ0) is 32.2. The summed E-state index contributed by atoms with van der Waals surface area (Å²) in [6, 6.07) is 26.5. The molecule has 0 saturated heterocycles. The lowest BCUT2D eigenvalue weighted by Gasteiger charge is -2.26. The minimum atomic E-state index is -3.89. The van der Waals surface area contributed by atoms with E-state index in [9.17, 15) is 16.8 Å². The number of sulfone groups is 1. The Morgan fingerprint density at radius 1 is 0.591 bits per heavy atom. The standard InChI is InChI=1S/C34H40N2O6S2/c1-7-33(3,4)35-25-12-14-27(15-13-25)42-30-11-9-10-26(24-30)36-44(39,40)32-22-18-29(19-23-32)41-28-16-20-31(21-17-28)43(37,38)34(5,6)8-2/h9-24,35-36H,7-8H2,1-6H3. The van der Waals surface area contributed by atoms with Gasteiger partial charge in [0, 0.05) is 17.3 Å². The molecule has 4 aromatic rings. The van der Waals surface area contributed by atoms with Gasteiger partial charge in [0.15, 0.2) is 9.84 Å². The molecule has 0 radical (unpaired) electrons. The summed E-state index contributed by atoms with van der Waals surface area (Å²) in [5.74, 6) is 1.95. The molecule has 0 aromatic heterocycles. The van der Waals surface area contributed by atoms with E-state index >= 15 is 0 Å². The number of nitrogens with one attached hydrogen (secondary N) is 2. The summed E-state index contributed by atoms with van der Waals surface area (Å²) < 4.78 is 65.4. The lowest BCUT2D eigenvalue weighted by atomic mass is 10.0. The first-order valence-corrected chi connectivity index (χ1v) is 17.4. The van der Waals surface area contributed by atoms with Crippen molar-refractivity contribution in [1.82, 2.24) is 0 Å². The van der Waals surface area contributed by atoms with Gasteiger partial charge in [0.2, 0.25) is 0 Å². The topological polar surface area (TPSA) is 111 Å². The highest BCUT2D eigenvalue weighted by atomic mass is 32.2. The van der Waals surface area contributed by atoms with Gasteiger partial charge in [-0.25, -0.2) is 16.8 Å². The van der Waals surface area contributed by atoms with Crippen molar-refractivity contribution < 1.29 is 26.3 Å². The molecule has 8 nitrogen and oxygen atoms in total. The smallest absolute Gasteiger partial charge is 0.261 e. The molecule has 0 bridgehead atoms. The van der Waals surface area contributed by atoms with Gasteiger partial charge in [0.25, 0.3) is 10.0 Å². The van der Waals surface area contributed by atoms with Crippen molar-refractivity contribution in [3.8, 4) is 23.0 Å². The Hall–Kier alpha value is -4.02. The summed E-state index contributed by atoms with van der Waals surface area (Å²) in [5.41, 5.74) is 1.32. The van der Waals surface area contributed by atoms with E-state index in [1.165, 1.54) is 24.3 Å². The number of benzene rings is 4. The van der Waals surface area contributed by atoms with Crippen LogP contribution in [0.2, 0.25) is 0 Å². The Balaban J connectivity index is 1.39. The SMILES string of the molecule is CCC(C)(C)Nc1ccc(Oc2cccc(NS(=O)(=O)c3ccc(Oc4ccc(S(=O)(=O)C(C)(C)CC)cc4)cc3)c2)cc1. The van der Waals surface area contributed by atoms with Crippen molar-refractivity contribution in [1.29, 1.82) is 0 Å². The van der Waals surface area contributed by atoms with Crippen molar-refractivity contribution in [3.05, 3.63) is 97.1 Å². The second-order valence-electron chi connectivity index (χ2n) is 11.8. The van der Waals surface area contributed by atoms with E-state index in [1.807, 2.05) is 31.2 Å². The van der Waals surface area contributed by atoms with E-state index in [4.69, 9.17) is 9.47 Å². The Morgan fingerprint density at radius 2 is 1.09 bits per heavy atom. The number of anilines is 2. The maximum Gasteiger partial charge on any atom is 0.261 e. The number of hydrogen-bond donors (Lipinski definition) is 2. The summed E-state index contributed by atoms with van der Waals surface area (Å²) in [5, 5.41) is 3.48.